The molecule has 1 unspecified atom stereocenters. The molecule has 0 bridgehead atoms. The Labute approximate surface area is 110 Å². The molecule has 17 heavy (non-hydrogen) atoms. The molecule has 2 N–H and O–H groups in total. The minimum Gasteiger partial charge on any atom is -0.349 e. The summed E-state index contributed by atoms with van der Waals surface area (Å²) in [6.07, 6.45) is 4.34. The quantitative estimate of drug-likeness (QED) is 0.895. The van der Waals surface area contributed by atoms with Gasteiger partial charge >= 0.3 is 0 Å². The Morgan fingerprint density at radius 2 is 2.18 bits per heavy atom. The van der Waals surface area contributed by atoms with Crippen LogP contribution >= 0.6 is 23.2 Å². The molecule has 1 heterocycles. The molecule has 0 aliphatic rings. The monoisotopic (exact) mass is 269 g/mol. The Kier molecular flexibility index (Phi) is 4.05. The van der Waals surface area contributed by atoms with Gasteiger partial charge in [-0.15, -0.1) is 0 Å². The zero-order valence-corrected chi connectivity index (χ0v) is 10.9. The first-order valence-electron chi connectivity index (χ1n) is 5.31. The standard InChI is InChI=1S/C12H13Cl2N3/c1-15-11(7-12-16-4-5-17-12)8-2-3-9(13)10(14)6-8/h2-6,11,15H,7H2,1H3,(H,16,17). The van der Waals surface area contributed by atoms with Gasteiger partial charge in [0.15, 0.2) is 0 Å². The first-order valence-corrected chi connectivity index (χ1v) is 6.06. The lowest BCUT2D eigenvalue weighted by Gasteiger charge is -2.16. The van der Waals surface area contributed by atoms with Gasteiger partial charge in [0.1, 0.15) is 5.82 Å². The SMILES string of the molecule is CNC(Cc1ncc[nH]1)c1ccc(Cl)c(Cl)c1. The average molecular weight is 270 g/mol. The number of H-pyrrole nitrogens is 1. The Hall–Kier alpha value is -1.03. The molecular weight excluding hydrogens is 257 g/mol. The van der Waals surface area contributed by atoms with E-state index >= 15 is 0 Å². The molecule has 1 aromatic heterocycles. The zero-order valence-electron chi connectivity index (χ0n) is 9.37. The van der Waals surface area contributed by atoms with Gasteiger partial charge in [0.2, 0.25) is 0 Å². The van der Waals surface area contributed by atoms with Crippen LogP contribution in [-0.2, 0) is 6.42 Å². The van der Waals surface area contributed by atoms with Gasteiger partial charge in [-0.3, -0.25) is 0 Å². The minimum atomic E-state index is 0.163. The van der Waals surface area contributed by atoms with Crippen molar-refractivity contribution >= 4 is 23.2 Å². The third kappa shape index (κ3) is 3.00. The molecular formula is C12H13Cl2N3. The predicted molar refractivity (Wildman–Crippen MR) is 70.6 cm³/mol. The topological polar surface area (TPSA) is 40.7 Å². The lowest BCUT2D eigenvalue weighted by molar-refractivity contribution is 0.578. The van der Waals surface area contributed by atoms with Crippen molar-refractivity contribution in [2.45, 2.75) is 12.5 Å². The summed E-state index contributed by atoms with van der Waals surface area (Å²) in [7, 11) is 1.91. The summed E-state index contributed by atoms with van der Waals surface area (Å²) in [6, 6.07) is 5.83. The second-order valence-electron chi connectivity index (χ2n) is 3.75. The molecule has 90 valence electrons. The molecule has 0 fully saturated rings. The van der Waals surface area contributed by atoms with Crippen molar-refractivity contribution in [3.8, 4) is 0 Å². The fourth-order valence-electron chi connectivity index (χ4n) is 1.72. The summed E-state index contributed by atoms with van der Waals surface area (Å²) in [4.78, 5) is 7.30. The number of nitrogens with zero attached hydrogens (tertiary/aromatic N) is 1. The van der Waals surface area contributed by atoms with Crippen LogP contribution in [0.4, 0.5) is 0 Å². The van der Waals surface area contributed by atoms with Crippen LogP contribution in [0.1, 0.15) is 17.4 Å². The summed E-state index contributed by atoms with van der Waals surface area (Å²) in [5, 5.41) is 4.39. The molecule has 0 saturated heterocycles. The largest absolute Gasteiger partial charge is 0.349 e. The summed E-state index contributed by atoms with van der Waals surface area (Å²) < 4.78 is 0. The van der Waals surface area contributed by atoms with Crippen molar-refractivity contribution in [2.75, 3.05) is 7.05 Å². The van der Waals surface area contributed by atoms with Crippen molar-refractivity contribution in [3.63, 3.8) is 0 Å². The molecule has 3 nitrogen and oxygen atoms in total. The maximum Gasteiger partial charge on any atom is 0.107 e. The Morgan fingerprint density at radius 1 is 1.35 bits per heavy atom. The van der Waals surface area contributed by atoms with Gasteiger partial charge in [-0.25, -0.2) is 4.98 Å². The fraction of sp³-hybridized carbons (Fsp3) is 0.250. The highest BCUT2D eigenvalue weighted by Crippen LogP contribution is 2.26. The highest BCUT2D eigenvalue weighted by molar-refractivity contribution is 6.42. The number of hydrogen-bond donors (Lipinski definition) is 2. The number of rotatable bonds is 4. The first-order chi connectivity index (χ1) is 8.20. The zero-order chi connectivity index (χ0) is 12.3. The molecule has 0 spiro atoms. The van der Waals surface area contributed by atoms with E-state index < -0.39 is 0 Å². The van der Waals surface area contributed by atoms with Gasteiger partial charge in [0.25, 0.3) is 0 Å². The number of benzene rings is 1. The van der Waals surface area contributed by atoms with Gasteiger partial charge in [0, 0.05) is 24.9 Å². The molecule has 0 saturated carbocycles. The van der Waals surface area contributed by atoms with E-state index in [4.69, 9.17) is 23.2 Å². The van der Waals surface area contributed by atoms with E-state index in [0.29, 0.717) is 10.0 Å². The molecule has 2 rings (SSSR count). The second-order valence-corrected chi connectivity index (χ2v) is 4.57. The van der Waals surface area contributed by atoms with Gasteiger partial charge < -0.3 is 10.3 Å². The molecule has 0 aliphatic heterocycles. The Balaban J connectivity index is 2.20. The highest BCUT2D eigenvalue weighted by Gasteiger charge is 2.12. The predicted octanol–water partition coefficient (Wildman–Crippen LogP) is 3.22. The molecule has 5 heteroatoms. The summed E-state index contributed by atoms with van der Waals surface area (Å²) in [6.45, 7) is 0. The second kappa shape index (κ2) is 5.54. The summed E-state index contributed by atoms with van der Waals surface area (Å²) in [5.74, 6) is 0.940. The molecule has 0 radical (unpaired) electrons. The van der Waals surface area contributed by atoms with Crippen LogP contribution in [0.5, 0.6) is 0 Å². The normalized spacial score (nSPS) is 12.6. The van der Waals surface area contributed by atoms with E-state index in [0.717, 1.165) is 17.8 Å². The van der Waals surface area contributed by atoms with Crippen molar-refractivity contribution < 1.29 is 0 Å². The smallest absolute Gasteiger partial charge is 0.107 e. The van der Waals surface area contributed by atoms with Crippen LogP contribution in [0.25, 0.3) is 0 Å². The number of nitrogens with one attached hydrogen (secondary N) is 2. The molecule has 2 aromatic rings. The summed E-state index contributed by atoms with van der Waals surface area (Å²) in [5.41, 5.74) is 1.10. The van der Waals surface area contributed by atoms with E-state index in [1.807, 2.05) is 31.4 Å². The maximum atomic E-state index is 6.01. The van der Waals surface area contributed by atoms with Crippen molar-refractivity contribution in [3.05, 3.63) is 52.0 Å². The van der Waals surface area contributed by atoms with Gasteiger partial charge in [-0.2, -0.15) is 0 Å². The van der Waals surface area contributed by atoms with E-state index in [2.05, 4.69) is 15.3 Å². The van der Waals surface area contributed by atoms with Crippen LogP contribution in [0.2, 0.25) is 10.0 Å². The Morgan fingerprint density at radius 3 is 2.76 bits per heavy atom. The lowest BCUT2D eigenvalue weighted by Crippen LogP contribution is -2.19. The number of halogens is 2. The average Bonchev–Trinajstić information content (AvgIpc) is 2.82. The molecule has 1 aromatic carbocycles. The molecule has 1 atom stereocenters. The van der Waals surface area contributed by atoms with Gasteiger partial charge in [-0.1, -0.05) is 29.3 Å². The number of hydrogen-bond acceptors (Lipinski definition) is 2. The third-order valence-electron chi connectivity index (χ3n) is 2.65. The van der Waals surface area contributed by atoms with Crippen LogP contribution in [0.3, 0.4) is 0 Å². The van der Waals surface area contributed by atoms with Gasteiger partial charge in [-0.05, 0) is 24.7 Å². The third-order valence-corrected chi connectivity index (χ3v) is 3.39. The van der Waals surface area contributed by atoms with Gasteiger partial charge in [0.05, 0.1) is 10.0 Å². The molecule has 0 amide bonds. The van der Waals surface area contributed by atoms with E-state index in [1.165, 1.54) is 0 Å². The lowest BCUT2D eigenvalue weighted by atomic mass is 10.0. The van der Waals surface area contributed by atoms with E-state index in [1.54, 1.807) is 6.20 Å². The fourth-order valence-corrected chi connectivity index (χ4v) is 2.03. The number of likely N-dealkylation sites (N-methyl/N-ethyl adjacent to an activating group) is 1. The van der Waals surface area contributed by atoms with Crippen LogP contribution in [0, 0.1) is 0 Å². The van der Waals surface area contributed by atoms with E-state index in [-0.39, 0.29) is 6.04 Å². The van der Waals surface area contributed by atoms with Crippen LogP contribution < -0.4 is 5.32 Å². The number of aromatic amines is 1. The summed E-state index contributed by atoms with van der Waals surface area (Å²) >= 11 is 11.9. The van der Waals surface area contributed by atoms with Crippen LogP contribution in [0.15, 0.2) is 30.6 Å². The molecule has 0 aliphatic carbocycles. The maximum absolute atomic E-state index is 6.01. The van der Waals surface area contributed by atoms with Crippen LogP contribution in [-0.4, -0.2) is 17.0 Å². The van der Waals surface area contributed by atoms with Crippen molar-refractivity contribution in [1.29, 1.82) is 0 Å². The Bertz CT molecular complexity index is 483. The van der Waals surface area contributed by atoms with E-state index in [9.17, 15) is 0 Å². The minimum absolute atomic E-state index is 0.163. The first kappa shape index (κ1) is 12.4. The number of imidazole rings is 1. The highest BCUT2D eigenvalue weighted by atomic mass is 35.5. The van der Waals surface area contributed by atoms with Crippen molar-refractivity contribution in [1.82, 2.24) is 15.3 Å². The number of aromatic nitrogens is 2. The van der Waals surface area contributed by atoms with Crippen molar-refractivity contribution in [2.24, 2.45) is 0 Å².